The average Bonchev–Trinajstić information content (AvgIpc) is 2.18. The van der Waals surface area contributed by atoms with Crippen LogP contribution in [0.3, 0.4) is 0 Å². The van der Waals surface area contributed by atoms with Gasteiger partial charge < -0.3 is 10.5 Å². The molecule has 0 fully saturated rings. The summed E-state index contributed by atoms with van der Waals surface area (Å²) in [6.07, 6.45) is 0.520. The van der Waals surface area contributed by atoms with Crippen LogP contribution in [0.15, 0.2) is 12.1 Å². The molecule has 1 aromatic rings. The van der Waals surface area contributed by atoms with Gasteiger partial charge in [0.25, 0.3) is 0 Å². The van der Waals surface area contributed by atoms with Crippen molar-refractivity contribution in [2.75, 3.05) is 13.2 Å². The van der Waals surface area contributed by atoms with Gasteiger partial charge in [0, 0.05) is 5.56 Å². The summed E-state index contributed by atoms with van der Waals surface area (Å²) in [5, 5.41) is 0.112. The molecule has 2 nitrogen and oxygen atoms in total. The zero-order valence-electron chi connectivity index (χ0n) is 8.02. The topological polar surface area (TPSA) is 35.2 Å². The lowest BCUT2D eigenvalue weighted by atomic mass is 10.1. The first-order valence-electron chi connectivity index (χ1n) is 4.50. The van der Waals surface area contributed by atoms with Gasteiger partial charge in [-0.3, -0.25) is 0 Å². The summed E-state index contributed by atoms with van der Waals surface area (Å²) in [6, 6.07) is 2.88. The highest BCUT2D eigenvalue weighted by atomic mass is 35.5. The Kier molecular flexibility index (Phi) is 4.17. The predicted molar refractivity (Wildman–Crippen MR) is 55.3 cm³/mol. The van der Waals surface area contributed by atoms with Gasteiger partial charge in [0.2, 0.25) is 0 Å². The minimum absolute atomic E-state index is 0.112. The molecule has 0 spiro atoms. The van der Waals surface area contributed by atoms with Crippen molar-refractivity contribution in [1.29, 1.82) is 0 Å². The first-order chi connectivity index (χ1) is 6.70. The Morgan fingerprint density at radius 3 is 2.79 bits per heavy atom. The van der Waals surface area contributed by atoms with Crippen molar-refractivity contribution >= 4 is 11.6 Å². The molecule has 0 aromatic heterocycles. The Morgan fingerprint density at radius 2 is 2.21 bits per heavy atom. The molecular formula is C10H13ClFNO. The van der Waals surface area contributed by atoms with E-state index in [0.717, 1.165) is 0 Å². The molecule has 14 heavy (non-hydrogen) atoms. The van der Waals surface area contributed by atoms with Crippen LogP contribution in [-0.4, -0.2) is 13.2 Å². The van der Waals surface area contributed by atoms with Crippen molar-refractivity contribution in [3.63, 3.8) is 0 Å². The molecule has 0 radical (unpaired) electrons. The van der Waals surface area contributed by atoms with Gasteiger partial charge in [-0.15, -0.1) is 0 Å². The molecule has 0 aliphatic carbocycles. The van der Waals surface area contributed by atoms with Gasteiger partial charge >= 0.3 is 0 Å². The van der Waals surface area contributed by atoms with Crippen LogP contribution in [0.2, 0.25) is 5.02 Å². The van der Waals surface area contributed by atoms with Crippen LogP contribution < -0.4 is 10.5 Å². The molecule has 0 bridgehead atoms. The van der Waals surface area contributed by atoms with Crippen LogP contribution in [0, 0.1) is 5.82 Å². The van der Waals surface area contributed by atoms with Gasteiger partial charge in [-0.05, 0) is 32.0 Å². The summed E-state index contributed by atoms with van der Waals surface area (Å²) in [4.78, 5) is 0. The number of nitrogens with two attached hydrogens (primary N) is 1. The van der Waals surface area contributed by atoms with Crippen molar-refractivity contribution in [2.45, 2.75) is 13.3 Å². The lowest BCUT2D eigenvalue weighted by Gasteiger charge is -2.11. The van der Waals surface area contributed by atoms with Crippen molar-refractivity contribution in [3.05, 3.63) is 28.5 Å². The fraction of sp³-hybridized carbons (Fsp3) is 0.400. The Hall–Kier alpha value is -0.800. The van der Waals surface area contributed by atoms with E-state index >= 15 is 0 Å². The maximum Gasteiger partial charge on any atom is 0.142 e. The zero-order chi connectivity index (χ0) is 10.6. The largest absolute Gasteiger partial charge is 0.494 e. The summed E-state index contributed by atoms with van der Waals surface area (Å²) in [5.41, 5.74) is 6.06. The minimum atomic E-state index is -0.432. The van der Waals surface area contributed by atoms with Crippen molar-refractivity contribution in [2.24, 2.45) is 5.73 Å². The maximum atomic E-state index is 13.1. The van der Waals surface area contributed by atoms with Gasteiger partial charge in [0.15, 0.2) is 0 Å². The quantitative estimate of drug-likeness (QED) is 0.841. The molecule has 0 saturated carbocycles. The highest BCUT2D eigenvalue weighted by molar-refractivity contribution is 6.31. The van der Waals surface area contributed by atoms with Crippen LogP contribution in [0.4, 0.5) is 4.39 Å². The minimum Gasteiger partial charge on any atom is -0.494 e. The van der Waals surface area contributed by atoms with E-state index in [1.807, 2.05) is 6.92 Å². The Labute approximate surface area is 87.8 Å². The number of hydrogen-bond acceptors (Lipinski definition) is 2. The standard InChI is InChI=1S/C10H13ClFNO/c1-2-14-9-4-3-8(12)10(11)7(9)5-6-13/h3-4H,2,5-6,13H2,1H3. The molecular weight excluding hydrogens is 205 g/mol. The van der Waals surface area contributed by atoms with Gasteiger partial charge in [0.05, 0.1) is 11.6 Å². The Morgan fingerprint density at radius 1 is 1.50 bits per heavy atom. The van der Waals surface area contributed by atoms with E-state index < -0.39 is 5.82 Å². The number of hydrogen-bond donors (Lipinski definition) is 1. The van der Waals surface area contributed by atoms with E-state index in [2.05, 4.69) is 0 Å². The fourth-order valence-electron chi connectivity index (χ4n) is 1.24. The summed E-state index contributed by atoms with van der Waals surface area (Å²) in [5.74, 6) is 0.183. The number of halogens is 2. The van der Waals surface area contributed by atoms with E-state index in [1.54, 1.807) is 6.07 Å². The van der Waals surface area contributed by atoms with Crippen LogP contribution >= 0.6 is 11.6 Å². The van der Waals surface area contributed by atoms with Gasteiger partial charge in [-0.25, -0.2) is 4.39 Å². The summed E-state index contributed by atoms with van der Waals surface area (Å²) >= 11 is 5.80. The molecule has 0 saturated heterocycles. The van der Waals surface area contributed by atoms with Crippen LogP contribution in [-0.2, 0) is 6.42 Å². The van der Waals surface area contributed by atoms with Crippen molar-refractivity contribution in [3.8, 4) is 5.75 Å². The molecule has 4 heteroatoms. The zero-order valence-corrected chi connectivity index (χ0v) is 8.77. The first kappa shape index (κ1) is 11.3. The third-order valence-corrected chi connectivity index (χ3v) is 2.26. The Balaban J connectivity index is 3.08. The molecule has 0 aliphatic rings. The molecule has 0 heterocycles. The lowest BCUT2D eigenvalue weighted by Crippen LogP contribution is -2.06. The number of ether oxygens (including phenoxy) is 1. The second-order valence-electron chi connectivity index (χ2n) is 2.81. The molecule has 78 valence electrons. The lowest BCUT2D eigenvalue weighted by molar-refractivity contribution is 0.336. The van der Waals surface area contributed by atoms with E-state index in [1.165, 1.54) is 6.07 Å². The summed E-state index contributed by atoms with van der Waals surface area (Å²) in [7, 11) is 0. The van der Waals surface area contributed by atoms with Crippen LogP contribution in [0.1, 0.15) is 12.5 Å². The van der Waals surface area contributed by atoms with Crippen LogP contribution in [0.25, 0.3) is 0 Å². The molecule has 0 aliphatic heterocycles. The predicted octanol–water partition coefficient (Wildman–Crippen LogP) is 2.38. The van der Waals surface area contributed by atoms with E-state index in [-0.39, 0.29) is 5.02 Å². The summed E-state index contributed by atoms with van der Waals surface area (Å²) < 4.78 is 18.4. The molecule has 0 unspecified atom stereocenters. The first-order valence-corrected chi connectivity index (χ1v) is 4.88. The fourth-order valence-corrected chi connectivity index (χ4v) is 1.49. The molecule has 0 atom stereocenters. The monoisotopic (exact) mass is 217 g/mol. The normalized spacial score (nSPS) is 10.3. The highest BCUT2D eigenvalue weighted by Gasteiger charge is 2.11. The van der Waals surface area contributed by atoms with Crippen LogP contribution in [0.5, 0.6) is 5.75 Å². The third kappa shape index (κ3) is 2.36. The third-order valence-electron chi connectivity index (χ3n) is 1.85. The van der Waals surface area contributed by atoms with Gasteiger partial charge in [-0.2, -0.15) is 0 Å². The second kappa shape index (κ2) is 5.17. The number of benzene rings is 1. The maximum absolute atomic E-state index is 13.1. The van der Waals surface area contributed by atoms with Gasteiger partial charge in [0.1, 0.15) is 11.6 Å². The second-order valence-corrected chi connectivity index (χ2v) is 3.19. The molecule has 1 rings (SSSR count). The Bertz CT molecular complexity index is 317. The van der Waals surface area contributed by atoms with E-state index in [4.69, 9.17) is 22.1 Å². The van der Waals surface area contributed by atoms with E-state index in [9.17, 15) is 4.39 Å². The molecule has 1 aromatic carbocycles. The average molecular weight is 218 g/mol. The van der Waals surface area contributed by atoms with Crippen molar-refractivity contribution in [1.82, 2.24) is 0 Å². The SMILES string of the molecule is CCOc1ccc(F)c(Cl)c1CCN. The highest BCUT2D eigenvalue weighted by Crippen LogP contribution is 2.29. The molecule has 0 amide bonds. The molecule has 2 N–H and O–H groups in total. The van der Waals surface area contributed by atoms with Gasteiger partial charge in [-0.1, -0.05) is 11.6 Å². The summed E-state index contributed by atoms with van der Waals surface area (Å²) in [6.45, 7) is 2.81. The van der Waals surface area contributed by atoms with Crippen molar-refractivity contribution < 1.29 is 9.13 Å². The number of rotatable bonds is 4. The smallest absolute Gasteiger partial charge is 0.142 e. The van der Waals surface area contributed by atoms with E-state index in [0.29, 0.717) is 30.9 Å².